The maximum absolute atomic E-state index is 11.3. The Morgan fingerprint density at radius 3 is 2.80 bits per heavy atom. The van der Waals surface area contributed by atoms with Crippen molar-refractivity contribution >= 4 is 35.4 Å². The smallest absolute Gasteiger partial charge is 0.249 e. The molecule has 0 fully saturated rings. The summed E-state index contributed by atoms with van der Waals surface area (Å²) in [5, 5.41) is 14.5. The SMILES string of the molecule is Cl.Nc1ccc2c(c1)NC(=O)C(CO)N2. The van der Waals surface area contributed by atoms with Crippen LogP contribution in [0.4, 0.5) is 17.1 Å². The maximum Gasteiger partial charge on any atom is 0.249 e. The highest BCUT2D eigenvalue weighted by Crippen LogP contribution is 2.28. The Morgan fingerprint density at radius 2 is 2.13 bits per heavy atom. The third-order valence-corrected chi connectivity index (χ3v) is 2.13. The van der Waals surface area contributed by atoms with E-state index in [2.05, 4.69) is 10.6 Å². The molecule has 0 bridgehead atoms. The van der Waals surface area contributed by atoms with Gasteiger partial charge in [0.05, 0.1) is 18.0 Å². The lowest BCUT2D eigenvalue weighted by Crippen LogP contribution is -2.41. The van der Waals surface area contributed by atoms with Gasteiger partial charge in [-0.05, 0) is 18.2 Å². The molecule has 0 radical (unpaired) electrons. The number of halogens is 1. The standard InChI is InChI=1S/C9H11N3O2.ClH/c10-5-1-2-6-7(3-5)12-9(14)8(4-13)11-6;/h1-3,8,11,13H,4,10H2,(H,12,14);1H. The molecule has 5 N–H and O–H groups in total. The number of hydrogen-bond donors (Lipinski definition) is 4. The maximum atomic E-state index is 11.3. The van der Waals surface area contributed by atoms with Crippen molar-refractivity contribution in [3.8, 4) is 0 Å². The first kappa shape index (κ1) is 11.6. The van der Waals surface area contributed by atoms with Gasteiger partial charge in [0.1, 0.15) is 6.04 Å². The Kier molecular flexibility index (Phi) is 3.39. The number of fused-ring (bicyclic) bond motifs is 1. The first-order chi connectivity index (χ1) is 6.70. The fourth-order valence-electron chi connectivity index (χ4n) is 1.39. The molecular formula is C9H12ClN3O2. The van der Waals surface area contributed by atoms with E-state index in [0.29, 0.717) is 11.4 Å². The van der Waals surface area contributed by atoms with Crippen molar-refractivity contribution in [2.75, 3.05) is 23.0 Å². The molecule has 0 aromatic heterocycles. The number of amides is 1. The molecule has 1 aromatic rings. The van der Waals surface area contributed by atoms with Crippen LogP contribution < -0.4 is 16.4 Å². The molecule has 0 saturated carbocycles. The van der Waals surface area contributed by atoms with Crippen LogP contribution in [0.2, 0.25) is 0 Å². The second-order valence-electron chi connectivity index (χ2n) is 3.17. The number of rotatable bonds is 1. The molecule has 1 heterocycles. The van der Waals surface area contributed by atoms with Gasteiger partial charge in [0.2, 0.25) is 5.91 Å². The molecule has 1 aliphatic heterocycles. The summed E-state index contributed by atoms with van der Waals surface area (Å²) < 4.78 is 0. The van der Waals surface area contributed by atoms with Crippen molar-refractivity contribution in [3.63, 3.8) is 0 Å². The highest BCUT2D eigenvalue weighted by Gasteiger charge is 2.24. The zero-order valence-electron chi connectivity index (χ0n) is 7.86. The van der Waals surface area contributed by atoms with E-state index in [9.17, 15) is 4.79 Å². The minimum absolute atomic E-state index is 0. The Labute approximate surface area is 93.1 Å². The lowest BCUT2D eigenvalue weighted by Gasteiger charge is -2.25. The summed E-state index contributed by atoms with van der Waals surface area (Å²) in [6.45, 7) is -0.227. The summed E-state index contributed by atoms with van der Waals surface area (Å²) in [5.41, 5.74) is 7.59. The number of carbonyl (C=O) groups excluding carboxylic acids is 1. The van der Waals surface area contributed by atoms with Crippen LogP contribution in [0.5, 0.6) is 0 Å². The number of aliphatic hydroxyl groups is 1. The fourth-order valence-corrected chi connectivity index (χ4v) is 1.39. The Bertz CT molecular complexity index is 384. The van der Waals surface area contributed by atoms with Gasteiger partial charge in [-0.25, -0.2) is 0 Å². The summed E-state index contributed by atoms with van der Waals surface area (Å²) in [6, 6.07) is 4.60. The van der Waals surface area contributed by atoms with Crippen LogP contribution in [0.25, 0.3) is 0 Å². The molecule has 1 atom stereocenters. The van der Waals surface area contributed by atoms with Gasteiger partial charge in [-0.2, -0.15) is 0 Å². The first-order valence-corrected chi connectivity index (χ1v) is 4.28. The van der Waals surface area contributed by atoms with Crippen molar-refractivity contribution < 1.29 is 9.90 Å². The summed E-state index contributed by atoms with van der Waals surface area (Å²) in [4.78, 5) is 11.3. The molecule has 82 valence electrons. The van der Waals surface area contributed by atoms with E-state index in [1.165, 1.54) is 0 Å². The third kappa shape index (κ3) is 2.14. The van der Waals surface area contributed by atoms with Crippen LogP contribution in [0.1, 0.15) is 0 Å². The molecular weight excluding hydrogens is 218 g/mol. The molecule has 1 aromatic carbocycles. The van der Waals surface area contributed by atoms with Crippen molar-refractivity contribution in [3.05, 3.63) is 18.2 Å². The summed E-state index contributed by atoms with van der Waals surface area (Å²) >= 11 is 0. The topological polar surface area (TPSA) is 87.4 Å². The molecule has 0 saturated heterocycles. The van der Waals surface area contributed by atoms with Gasteiger partial charge in [-0.1, -0.05) is 0 Å². The molecule has 0 spiro atoms. The Morgan fingerprint density at radius 1 is 1.40 bits per heavy atom. The van der Waals surface area contributed by atoms with Gasteiger partial charge in [0.25, 0.3) is 0 Å². The molecule has 2 rings (SSSR count). The van der Waals surface area contributed by atoms with Crippen LogP contribution >= 0.6 is 12.4 Å². The van der Waals surface area contributed by atoms with Crippen LogP contribution in [-0.2, 0) is 4.79 Å². The van der Waals surface area contributed by atoms with E-state index < -0.39 is 6.04 Å². The minimum Gasteiger partial charge on any atom is -0.399 e. The molecule has 0 aliphatic carbocycles. The highest BCUT2D eigenvalue weighted by atomic mass is 35.5. The van der Waals surface area contributed by atoms with Crippen LogP contribution in [0.3, 0.4) is 0 Å². The number of nitrogen functional groups attached to an aromatic ring is 1. The van der Waals surface area contributed by atoms with Crippen molar-refractivity contribution in [1.29, 1.82) is 0 Å². The van der Waals surface area contributed by atoms with Gasteiger partial charge in [0.15, 0.2) is 0 Å². The summed E-state index contributed by atoms with van der Waals surface area (Å²) in [5.74, 6) is -0.245. The van der Waals surface area contributed by atoms with Crippen LogP contribution in [-0.4, -0.2) is 23.7 Å². The molecule has 15 heavy (non-hydrogen) atoms. The summed E-state index contributed by atoms with van der Waals surface area (Å²) in [7, 11) is 0. The average molecular weight is 230 g/mol. The van der Waals surface area contributed by atoms with Crippen molar-refractivity contribution in [1.82, 2.24) is 0 Å². The average Bonchev–Trinajstić information content (AvgIpc) is 2.16. The lowest BCUT2D eigenvalue weighted by atomic mass is 10.1. The van der Waals surface area contributed by atoms with E-state index in [1.807, 2.05) is 0 Å². The van der Waals surface area contributed by atoms with Crippen LogP contribution in [0, 0.1) is 0 Å². The number of benzene rings is 1. The fraction of sp³-hybridized carbons (Fsp3) is 0.222. The van der Waals surface area contributed by atoms with E-state index in [1.54, 1.807) is 18.2 Å². The minimum atomic E-state index is -0.578. The Balaban J connectivity index is 0.00000112. The van der Waals surface area contributed by atoms with Crippen LogP contribution in [0.15, 0.2) is 18.2 Å². The Hall–Kier alpha value is -1.46. The number of nitrogens with two attached hydrogens (primary N) is 1. The molecule has 1 aliphatic rings. The number of aliphatic hydroxyl groups excluding tert-OH is 1. The van der Waals surface area contributed by atoms with Gasteiger partial charge in [-0.3, -0.25) is 4.79 Å². The van der Waals surface area contributed by atoms with Gasteiger partial charge < -0.3 is 21.5 Å². The van der Waals surface area contributed by atoms with E-state index in [-0.39, 0.29) is 24.9 Å². The van der Waals surface area contributed by atoms with Gasteiger partial charge in [0, 0.05) is 5.69 Å². The third-order valence-electron chi connectivity index (χ3n) is 2.13. The number of nitrogens with one attached hydrogen (secondary N) is 2. The quantitative estimate of drug-likeness (QED) is 0.526. The number of anilines is 3. The predicted octanol–water partition coefficient (Wildman–Crippen LogP) is 0.415. The first-order valence-electron chi connectivity index (χ1n) is 4.28. The van der Waals surface area contributed by atoms with Gasteiger partial charge in [-0.15, -0.1) is 12.4 Å². The largest absolute Gasteiger partial charge is 0.399 e. The molecule has 6 heteroatoms. The monoisotopic (exact) mass is 229 g/mol. The zero-order valence-corrected chi connectivity index (χ0v) is 8.67. The number of carbonyl (C=O) groups is 1. The molecule has 1 amide bonds. The number of hydrogen-bond acceptors (Lipinski definition) is 4. The summed E-state index contributed by atoms with van der Waals surface area (Å²) in [6.07, 6.45) is 0. The second-order valence-corrected chi connectivity index (χ2v) is 3.17. The van der Waals surface area contributed by atoms with Crippen molar-refractivity contribution in [2.24, 2.45) is 0 Å². The van der Waals surface area contributed by atoms with E-state index >= 15 is 0 Å². The molecule has 1 unspecified atom stereocenters. The zero-order chi connectivity index (χ0) is 10.1. The normalized spacial score (nSPS) is 18.2. The van der Waals surface area contributed by atoms with Crippen molar-refractivity contribution in [2.45, 2.75) is 6.04 Å². The highest BCUT2D eigenvalue weighted by molar-refractivity contribution is 6.03. The lowest BCUT2D eigenvalue weighted by molar-refractivity contribution is -0.117. The van der Waals surface area contributed by atoms with Gasteiger partial charge >= 0.3 is 0 Å². The van der Waals surface area contributed by atoms with E-state index in [4.69, 9.17) is 10.8 Å². The second kappa shape index (κ2) is 4.37. The van der Waals surface area contributed by atoms with E-state index in [0.717, 1.165) is 5.69 Å². The predicted molar refractivity (Wildman–Crippen MR) is 61.2 cm³/mol. The molecule has 5 nitrogen and oxygen atoms in total.